The predicted octanol–water partition coefficient (Wildman–Crippen LogP) is 13.5. The summed E-state index contributed by atoms with van der Waals surface area (Å²) in [6.45, 7) is 5.35. The molecule has 0 rings (SSSR count). The fourth-order valence-corrected chi connectivity index (χ4v) is 6.12. The molecular formula is C43H82O4. The average molecular weight is 663 g/mol. The van der Waals surface area contributed by atoms with Gasteiger partial charge in [-0.05, 0) is 44.9 Å². The Morgan fingerprint density at radius 2 is 0.894 bits per heavy atom. The molecule has 4 heteroatoms. The number of aliphatic hydroxyl groups is 1. The molecule has 0 amide bonds. The van der Waals surface area contributed by atoms with Crippen molar-refractivity contribution in [2.75, 3.05) is 19.8 Å². The number of rotatable bonds is 39. The van der Waals surface area contributed by atoms with Crippen LogP contribution in [0.4, 0.5) is 0 Å². The highest BCUT2D eigenvalue weighted by molar-refractivity contribution is 5.69. The van der Waals surface area contributed by atoms with Crippen LogP contribution in [0.1, 0.15) is 219 Å². The highest BCUT2D eigenvalue weighted by atomic mass is 16.6. The number of carbonyl (C=O) groups is 1. The van der Waals surface area contributed by atoms with Crippen LogP contribution < -0.4 is 0 Å². The van der Waals surface area contributed by atoms with Crippen LogP contribution >= 0.6 is 0 Å². The summed E-state index contributed by atoms with van der Waals surface area (Å²) < 4.78 is 11.2. The number of esters is 1. The van der Waals surface area contributed by atoms with Gasteiger partial charge in [0.05, 0.1) is 13.2 Å². The smallest absolute Gasteiger partial charge is 0.306 e. The van der Waals surface area contributed by atoms with E-state index in [1.54, 1.807) is 0 Å². The van der Waals surface area contributed by atoms with E-state index in [1.807, 2.05) is 0 Å². The van der Waals surface area contributed by atoms with Crippen LogP contribution in [0.5, 0.6) is 0 Å². The maximum Gasteiger partial charge on any atom is 0.306 e. The Balaban J connectivity index is 3.41. The fraction of sp³-hybridized carbons (Fsp3) is 0.884. The summed E-state index contributed by atoms with van der Waals surface area (Å²) in [5.41, 5.74) is 0. The van der Waals surface area contributed by atoms with E-state index in [-0.39, 0.29) is 12.6 Å². The second kappa shape index (κ2) is 41.0. The third-order valence-corrected chi connectivity index (χ3v) is 9.28. The molecular weight excluding hydrogens is 580 g/mol. The molecule has 0 aromatic carbocycles. The number of unbranched alkanes of at least 4 members (excludes halogenated alkanes) is 27. The minimum Gasteiger partial charge on any atom is -0.457 e. The molecule has 0 fully saturated rings. The van der Waals surface area contributed by atoms with E-state index in [0.717, 1.165) is 25.7 Å². The lowest BCUT2D eigenvalue weighted by atomic mass is 10.0. The topological polar surface area (TPSA) is 55.8 Å². The lowest BCUT2D eigenvalue weighted by molar-refractivity contribution is -0.154. The Hall–Kier alpha value is -1.13. The molecule has 0 saturated carbocycles. The molecule has 0 aromatic heterocycles. The van der Waals surface area contributed by atoms with E-state index in [1.165, 1.54) is 173 Å². The van der Waals surface area contributed by atoms with Crippen molar-refractivity contribution in [3.05, 3.63) is 24.3 Å². The SMILES string of the molecule is CCCCC/C=C\C/C=C\CCCCCCCCCC(=O)OC(CO)COCCCCCCCCCCCCCCCCCCCC. The van der Waals surface area contributed by atoms with E-state index >= 15 is 0 Å². The monoisotopic (exact) mass is 663 g/mol. The molecule has 278 valence electrons. The van der Waals surface area contributed by atoms with Crippen LogP contribution in [0.25, 0.3) is 0 Å². The summed E-state index contributed by atoms with van der Waals surface area (Å²) in [5, 5.41) is 9.59. The summed E-state index contributed by atoms with van der Waals surface area (Å²) in [4.78, 5) is 12.2. The van der Waals surface area contributed by atoms with E-state index in [2.05, 4.69) is 38.2 Å². The van der Waals surface area contributed by atoms with Crippen molar-refractivity contribution < 1.29 is 19.4 Å². The summed E-state index contributed by atoms with van der Waals surface area (Å²) in [6.07, 6.45) is 49.4. The molecule has 0 aliphatic rings. The zero-order chi connectivity index (χ0) is 34.1. The molecule has 0 bridgehead atoms. The zero-order valence-electron chi connectivity index (χ0n) is 31.8. The highest BCUT2D eigenvalue weighted by Gasteiger charge is 2.13. The standard InChI is InChI=1S/C43H82O4/c1-3-5-7-9-11-13-15-17-19-21-23-25-27-29-31-33-35-37-39-46-41-42(40-44)47-43(45)38-36-34-32-30-28-26-24-22-20-18-16-14-12-10-8-6-4-2/h12,14,18,20,42,44H,3-11,13,15-17,19,21-41H2,1-2H3/b14-12-,20-18-. The maximum absolute atomic E-state index is 12.2. The second-order valence-corrected chi connectivity index (χ2v) is 14.1. The predicted molar refractivity (Wildman–Crippen MR) is 205 cm³/mol. The lowest BCUT2D eigenvalue weighted by Crippen LogP contribution is -2.27. The molecule has 4 nitrogen and oxygen atoms in total. The average Bonchev–Trinajstić information content (AvgIpc) is 3.08. The lowest BCUT2D eigenvalue weighted by Gasteiger charge is -2.16. The molecule has 0 heterocycles. The third-order valence-electron chi connectivity index (χ3n) is 9.28. The van der Waals surface area contributed by atoms with Crippen LogP contribution in [0.2, 0.25) is 0 Å². The summed E-state index contributed by atoms with van der Waals surface area (Å²) in [7, 11) is 0. The number of hydrogen-bond acceptors (Lipinski definition) is 4. The van der Waals surface area contributed by atoms with Crippen molar-refractivity contribution in [2.45, 2.75) is 225 Å². The quantitative estimate of drug-likeness (QED) is 0.0404. The van der Waals surface area contributed by atoms with Crippen molar-refractivity contribution in [1.82, 2.24) is 0 Å². The van der Waals surface area contributed by atoms with Gasteiger partial charge >= 0.3 is 5.97 Å². The van der Waals surface area contributed by atoms with Gasteiger partial charge in [0.2, 0.25) is 0 Å². The van der Waals surface area contributed by atoms with Crippen LogP contribution in [0.3, 0.4) is 0 Å². The van der Waals surface area contributed by atoms with Gasteiger partial charge in [0, 0.05) is 13.0 Å². The largest absolute Gasteiger partial charge is 0.457 e. The number of carbonyl (C=O) groups excluding carboxylic acids is 1. The van der Waals surface area contributed by atoms with Gasteiger partial charge in [-0.3, -0.25) is 4.79 Å². The number of allylic oxidation sites excluding steroid dienone is 4. The first-order chi connectivity index (χ1) is 23.2. The molecule has 1 N–H and O–H groups in total. The molecule has 0 aliphatic carbocycles. The Morgan fingerprint density at radius 1 is 0.511 bits per heavy atom. The minimum absolute atomic E-state index is 0.171. The van der Waals surface area contributed by atoms with E-state index in [0.29, 0.717) is 19.6 Å². The second-order valence-electron chi connectivity index (χ2n) is 14.1. The van der Waals surface area contributed by atoms with Crippen LogP contribution in [-0.4, -0.2) is 37.0 Å². The minimum atomic E-state index is -0.533. The number of ether oxygens (including phenoxy) is 2. The molecule has 47 heavy (non-hydrogen) atoms. The van der Waals surface area contributed by atoms with Gasteiger partial charge in [-0.25, -0.2) is 0 Å². The van der Waals surface area contributed by atoms with Gasteiger partial charge in [-0.1, -0.05) is 192 Å². The molecule has 0 aromatic rings. The van der Waals surface area contributed by atoms with Crippen molar-refractivity contribution >= 4 is 5.97 Å². The molecule has 1 atom stereocenters. The van der Waals surface area contributed by atoms with Crippen molar-refractivity contribution in [3.63, 3.8) is 0 Å². The molecule has 0 radical (unpaired) electrons. The Morgan fingerprint density at radius 3 is 1.36 bits per heavy atom. The first kappa shape index (κ1) is 45.9. The van der Waals surface area contributed by atoms with Crippen molar-refractivity contribution in [3.8, 4) is 0 Å². The Labute approximate surface area is 294 Å². The van der Waals surface area contributed by atoms with Gasteiger partial charge in [-0.15, -0.1) is 0 Å². The van der Waals surface area contributed by atoms with Crippen LogP contribution in [0.15, 0.2) is 24.3 Å². The molecule has 1 unspecified atom stereocenters. The number of hydrogen-bond donors (Lipinski definition) is 1. The Bertz CT molecular complexity index is 658. The number of aliphatic hydroxyl groups excluding tert-OH is 1. The normalized spacial score (nSPS) is 12.5. The van der Waals surface area contributed by atoms with E-state index in [9.17, 15) is 9.90 Å². The fourth-order valence-electron chi connectivity index (χ4n) is 6.12. The van der Waals surface area contributed by atoms with Crippen LogP contribution in [0, 0.1) is 0 Å². The highest BCUT2D eigenvalue weighted by Crippen LogP contribution is 2.15. The molecule has 0 saturated heterocycles. The first-order valence-corrected chi connectivity index (χ1v) is 20.9. The summed E-state index contributed by atoms with van der Waals surface area (Å²) in [5.74, 6) is -0.205. The van der Waals surface area contributed by atoms with Crippen LogP contribution in [-0.2, 0) is 14.3 Å². The van der Waals surface area contributed by atoms with Gasteiger partial charge in [0.25, 0.3) is 0 Å². The van der Waals surface area contributed by atoms with E-state index < -0.39 is 6.10 Å². The van der Waals surface area contributed by atoms with Gasteiger partial charge in [0.1, 0.15) is 6.10 Å². The van der Waals surface area contributed by atoms with Gasteiger partial charge < -0.3 is 14.6 Å². The molecule has 0 spiro atoms. The van der Waals surface area contributed by atoms with Crippen molar-refractivity contribution in [1.29, 1.82) is 0 Å². The van der Waals surface area contributed by atoms with Crippen molar-refractivity contribution in [2.24, 2.45) is 0 Å². The Kier molecular flexibility index (Phi) is 40.1. The maximum atomic E-state index is 12.2. The first-order valence-electron chi connectivity index (χ1n) is 20.9. The van der Waals surface area contributed by atoms with Gasteiger partial charge in [0.15, 0.2) is 0 Å². The molecule has 0 aliphatic heterocycles. The zero-order valence-corrected chi connectivity index (χ0v) is 31.8. The summed E-state index contributed by atoms with van der Waals surface area (Å²) >= 11 is 0. The van der Waals surface area contributed by atoms with Gasteiger partial charge in [-0.2, -0.15) is 0 Å². The van der Waals surface area contributed by atoms with E-state index in [4.69, 9.17) is 9.47 Å². The third kappa shape index (κ3) is 39.2. The summed E-state index contributed by atoms with van der Waals surface area (Å²) in [6, 6.07) is 0.